The Labute approximate surface area is 176 Å². The van der Waals surface area contributed by atoms with Gasteiger partial charge in [0.15, 0.2) is 0 Å². The number of halogens is 2. The summed E-state index contributed by atoms with van der Waals surface area (Å²) in [5, 5.41) is 5.67. The Kier molecular flexibility index (Phi) is 6.30. The summed E-state index contributed by atoms with van der Waals surface area (Å²) in [6.45, 7) is -0.0830. The molecule has 3 rings (SSSR count). The molecule has 0 aliphatic rings. The highest BCUT2D eigenvalue weighted by Gasteiger charge is 2.14. The molecule has 2 aromatic carbocycles. The smallest absolute Gasteiger partial charge is 0.306 e. The molecule has 0 saturated carbocycles. The van der Waals surface area contributed by atoms with E-state index in [1.165, 1.54) is 36.5 Å². The van der Waals surface area contributed by atoms with Crippen molar-refractivity contribution in [1.29, 1.82) is 0 Å². The summed E-state index contributed by atoms with van der Waals surface area (Å²) < 4.78 is 54.0. The Morgan fingerprint density at radius 2 is 1.87 bits per heavy atom. The summed E-state index contributed by atoms with van der Waals surface area (Å²) in [5.41, 5.74) is 5.98. The van der Waals surface area contributed by atoms with Crippen LogP contribution < -0.4 is 20.6 Å². The molecular formula is C19H17F2N5O4S. The Bertz CT molecular complexity index is 1220. The van der Waals surface area contributed by atoms with Crippen LogP contribution in [0.1, 0.15) is 15.9 Å². The molecule has 31 heavy (non-hydrogen) atoms. The molecule has 3 aromatic rings. The average molecular weight is 449 g/mol. The minimum Gasteiger partial charge on any atom is -0.383 e. The van der Waals surface area contributed by atoms with Crippen LogP contribution in [0.3, 0.4) is 0 Å². The van der Waals surface area contributed by atoms with E-state index in [2.05, 4.69) is 20.6 Å². The zero-order chi connectivity index (χ0) is 22.6. The molecule has 12 heteroatoms. The average Bonchev–Trinajstić information content (AvgIpc) is 2.67. The Morgan fingerprint density at radius 1 is 1.16 bits per heavy atom. The minimum absolute atomic E-state index is 0.0232. The number of nitrogens with two attached hydrogens (primary N) is 1. The maximum absolute atomic E-state index is 13.9. The van der Waals surface area contributed by atoms with Gasteiger partial charge >= 0.3 is 10.1 Å². The van der Waals surface area contributed by atoms with Crippen molar-refractivity contribution in [2.45, 2.75) is 6.54 Å². The maximum Gasteiger partial charge on any atom is 0.306 e. The number of hydrogen-bond acceptors (Lipinski definition) is 8. The van der Waals surface area contributed by atoms with Crippen molar-refractivity contribution in [3.05, 3.63) is 71.4 Å². The third-order valence-corrected chi connectivity index (χ3v) is 4.37. The van der Waals surface area contributed by atoms with Crippen LogP contribution in [0.25, 0.3) is 0 Å². The summed E-state index contributed by atoms with van der Waals surface area (Å²) in [5.74, 6) is -2.00. The molecule has 0 aliphatic heterocycles. The van der Waals surface area contributed by atoms with Crippen molar-refractivity contribution >= 4 is 33.5 Å². The monoisotopic (exact) mass is 449 g/mol. The molecule has 9 nitrogen and oxygen atoms in total. The van der Waals surface area contributed by atoms with Crippen LogP contribution in [-0.2, 0) is 16.7 Å². The van der Waals surface area contributed by atoms with Gasteiger partial charge in [-0.25, -0.2) is 13.8 Å². The van der Waals surface area contributed by atoms with Crippen molar-refractivity contribution in [1.82, 2.24) is 9.97 Å². The third kappa shape index (κ3) is 6.09. The number of carbonyl (C=O) groups is 1. The fraction of sp³-hybridized carbons (Fsp3) is 0.105. The fourth-order valence-electron chi connectivity index (χ4n) is 2.50. The van der Waals surface area contributed by atoms with Gasteiger partial charge in [0.05, 0.1) is 11.8 Å². The number of amides is 1. The summed E-state index contributed by atoms with van der Waals surface area (Å²) in [4.78, 5) is 19.8. The highest BCUT2D eigenvalue weighted by Crippen LogP contribution is 2.21. The molecular weight excluding hydrogens is 432 g/mol. The number of carbonyl (C=O) groups excluding carboxylic acids is 1. The van der Waals surface area contributed by atoms with Gasteiger partial charge in [0.2, 0.25) is 5.95 Å². The second-order valence-electron chi connectivity index (χ2n) is 6.35. The Morgan fingerprint density at radius 3 is 2.48 bits per heavy atom. The van der Waals surface area contributed by atoms with E-state index in [1.807, 2.05) is 0 Å². The molecule has 1 amide bonds. The van der Waals surface area contributed by atoms with Gasteiger partial charge in [0.25, 0.3) is 5.91 Å². The number of hydrogen-bond donors (Lipinski definition) is 3. The summed E-state index contributed by atoms with van der Waals surface area (Å²) in [6.07, 6.45) is 2.13. The van der Waals surface area contributed by atoms with Gasteiger partial charge in [-0.05, 0) is 30.3 Å². The lowest BCUT2D eigenvalue weighted by atomic mass is 10.2. The molecule has 0 unspecified atom stereocenters. The van der Waals surface area contributed by atoms with E-state index >= 15 is 0 Å². The van der Waals surface area contributed by atoms with Crippen LogP contribution in [0.5, 0.6) is 5.75 Å². The summed E-state index contributed by atoms with van der Waals surface area (Å²) in [6, 6.07) is 9.05. The van der Waals surface area contributed by atoms with Crippen molar-refractivity contribution in [2.75, 3.05) is 16.9 Å². The third-order valence-electron chi connectivity index (χ3n) is 3.87. The van der Waals surface area contributed by atoms with Crippen LogP contribution in [0.15, 0.2) is 48.7 Å². The van der Waals surface area contributed by atoms with Crippen LogP contribution in [-0.4, -0.2) is 30.5 Å². The largest absolute Gasteiger partial charge is 0.383 e. The number of primary amides is 1. The number of nitrogens with one attached hydrogen (secondary N) is 2. The topological polar surface area (TPSA) is 136 Å². The van der Waals surface area contributed by atoms with Gasteiger partial charge in [-0.3, -0.25) is 4.79 Å². The first-order chi connectivity index (χ1) is 14.6. The van der Waals surface area contributed by atoms with Gasteiger partial charge < -0.3 is 20.6 Å². The van der Waals surface area contributed by atoms with Crippen molar-refractivity contribution < 1.29 is 26.2 Å². The van der Waals surface area contributed by atoms with Gasteiger partial charge in [-0.15, -0.1) is 0 Å². The SMILES string of the molecule is CS(=O)(=O)Oc1ccc(Nc2ncc(C(N)=O)c(NCc3ccc(F)cc3F)n2)cc1. The number of benzene rings is 2. The second-order valence-corrected chi connectivity index (χ2v) is 7.92. The first kappa shape index (κ1) is 21.9. The lowest BCUT2D eigenvalue weighted by molar-refractivity contribution is 0.100. The van der Waals surface area contributed by atoms with E-state index in [0.29, 0.717) is 5.69 Å². The van der Waals surface area contributed by atoms with Crippen molar-refractivity contribution in [3.63, 3.8) is 0 Å². The first-order valence-corrected chi connectivity index (χ1v) is 10.5. The van der Waals surface area contributed by atoms with E-state index in [9.17, 15) is 22.0 Å². The Balaban J connectivity index is 1.78. The molecule has 1 aromatic heterocycles. The minimum atomic E-state index is -3.65. The van der Waals surface area contributed by atoms with E-state index in [-0.39, 0.29) is 35.2 Å². The summed E-state index contributed by atoms with van der Waals surface area (Å²) in [7, 11) is -3.65. The van der Waals surface area contributed by atoms with E-state index in [4.69, 9.17) is 9.92 Å². The molecule has 1 heterocycles. The molecule has 0 atom stereocenters. The standard InChI is InChI=1S/C19H17F2N5O4S/c1-31(28,29)30-14-6-4-13(5-7-14)25-19-24-10-15(17(22)27)18(26-19)23-9-11-2-3-12(20)8-16(11)21/h2-8,10H,9H2,1H3,(H2,22,27)(H2,23,24,25,26). The molecule has 0 spiro atoms. The molecule has 0 aliphatic carbocycles. The molecule has 4 N–H and O–H groups in total. The lowest BCUT2D eigenvalue weighted by Crippen LogP contribution is -2.17. The van der Waals surface area contributed by atoms with Gasteiger partial charge in [0.1, 0.15) is 23.2 Å². The highest BCUT2D eigenvalue weighted by atomic mass is 32.2. The quantitative estimate of drug-likeness (QED) is 0.447. The highest BCUT2D eigenvalue weighted by molar-refractivity contribution is 7.86. The predicted octanol–water partition coefficient (Wildman–Crippen LogP) is 2.55. The molecule has 162 valence electrons. The first-order valence-electron chi connectivity index (χ1n) is 8.72. The van der Waals surface area contributed by atoms with Crippen LogP contribution in [0.2, 0.25) is 0 Å². The van der Waals surface area contributed by atoms with E-state index in [1.54, 1.807) is 0 Å². The fourth-order valence-corrected chi connectivity index (χ4v) is 2.96. The molecule has 0 saturated heterocycles. The second kappa shape index (κ2) is 8.92. The number of anilines is 3. The number of aromatic nitrogens is 2. The van der Waals surface area contributed by atoms with Crippen LogP contribution >= 0.6 is 0 Å². The van der Waals surface area contributed by atoms with Gasteiger partial charge in [0, 0.05) is 30.1 Å². The normalized spacial score (nSPS) is 11.1. The van der Waals surface area contributed by atoms with Crippen LogP contribution in [0.4, 0.5) is 26.2 Å². The number of rotatable bonds is 8. The van der Waals surface area contributed by atoms with Crippen molar-refractivity contribution in [3.8, 4) is 5.75 Å². The van der Waals surface area contributed by atoms with Crippen molar-refractivity contribution in [2.24, 2.45) is 5.73 Å². The molecule has 0 bridgehead atoms. The molecule has 0 radical (unpaired) electrons. The lowest BCUT2D eigenvalue weighted by Gasteiger charge is -2.12. The zero-order valence-electron chi connectivity index (χ0n) is 16.1. The van der Waals surface area contributed by atoms with Gasteiger partial charge in [-0.2, -0.15) is 13.4 Å². The van der Waals surface area contributed by atoms with Crippen LogP contribution in [0, 0.1) is 11.6 Å². The summed E-state index contributed by atoms with van der Waals surface area (Å²) >= 11 is 0. The van der Waals surface area contributed by atoms with Gasteiger partial charge in [-0.1, -0.05) is 6.07 Å². The zero-order valence-corrected chi connectivity index (χ0v) is 16.9. The maximum atomic E-state index is 13.9. The Hall–Kier alpha value is -3.80. The van der Waals surface area contributed by atoms with E-state index in [0.717, 1.165) is 18.4 Å². The van der Waals surface area contributed by atoms with E-state index < -0.39 is 27.7 Å². The predicted molar refractivity (Wildman–Crippen MR) is 109 cm³/mol. The molecule has 0 fully saturated rings. The number of nitrogens with zero attached hydrogens (tertiary/aromatic N) is 2.